The summed E-state index contributed by atoms with van der Waals surface area (Å²) >= 11 is 0. The van der Waals surface area contributed by atoms with E-state index in [0.29, 0.717) is 0 Å². The summed E-state index contributed by atoms with van der Waals surface area (Å²) in [7, 11) is 1.66. The molecule has 1 fully saturated rings. The number of rotatable bonds is 4. The zero-order valence-corrected chi connectivity index (χ0v) is 16.6. The van der Waals surface area contributed by atoms with E-state index < -0.39 is 0 Å². The Bertz CT molecular complexity index is 1190. The Morgan fingerprint density at radius 2 is 2.00 bits per heavy atom. The number of aromatic nitrogens is 4. The van der Waals surface area contributed by atoms with Crippen LogP contribution in [0, 0.1) is 0 Å². The molecule has 1 aromatic carbocycles. The fraction of sp³-hybridized carbons (Fsp3) is 0.318. The zero-order valence-electron chi connectivity index (χ0n) is 16.6. The minimum Gasteiger partial charge on any atom is -0.497 e. The highest BCUT2D eigenvalue weighted by atomic mass is 16.5. The molecule has 0 radical (unpaired) electrons. The second-order valence-electron chi connectivity index (χ2n) is 7.69. The molecule has 2 N–H and O–H groups in total. The molecule has 0 bridgehead atoms. The molecule has 1 saturated heterocycles. The number of nitrogens with zero attached hydrogens (tertiary/aromatic N) is 5. The van der Waals surface area contributed by atoms with E-state index in [1.54, 1.807) is 7.11 Å². The standard InChI is InChI=1S/C22H24N6O/c1-14(27-10-9-17(23)13-27)16-5-8-21-25-26-22(28(21)12-16)19-7-4-15-3-6-18(29-2)11-20(15)24-19/h3-8,11-12,14,17H,9-10,13,23H2,1-2H3/t14-,17-/m0/s1. The van der Waals surface area contributed by atoms with Gasteiger partial charge in [-0.15, -0.1) is 10.2 Å². The number of hydrogen-bond donors (Lipinski definition) is 1. The van der Waals surface area contributed by atoms with Crippen molar-refractivity contribution in [3.05, 3.63) is 54.2 Å². The summed E-state index contributed by atoms with van der Waals surface area (Å²) < 4.78 is 7.36. The van der Waals surface area contributed by atoms with Crippen LogP contribution in [0.15, 0.2) is 48.7 Å². The van der Waals surface area contributed by atoms with Crippen LogP contribution in [0.1, 0.15) is 24.9 Å². The Morgan fingerprint density at radius 1 is 1.14 bits per heavy atom. The number of pyridine rings is 2. The summed E-state index contributed by atoms with van der Waals surface area (Å²) in [6.45, 7) is 4.19. The summed E-state index contributed by atoms with van der Waals surface area (Å²) in [5.74, 6) is 1.52. The first-order chi connectivity index (χ1) is 14.1. The maximum Gasteiger partial charge on any atom is 0.187 e. The average Bonchev–Trinajstić information content (AvgIpc) is 3.38. The number of nitrogens with two attached hydrogens (primary N) is 1. The highest BCUT2D eigenvalue weighted by Gasteiger charge is 2.25. The topological polar surface area (TPSA) is 81.6 Å². The summed E-state index contributed by atoms with van der Waals surface area (Å²) in [4.78, 5) is 7.24. The monoisotopic (exact) mass is 388 g/mol. The molecule has 1 aliphatic rings. The number of benzene rings is 1. The Morgan fingerprint density at radius 3 is 2.79 bits per heavy atom. The van der Waals surface area contributed by atoms with Crippen molar-refractivity contribution in [2.24, 2.45) is 5.73 Å². The molecule has 0 saturated carbocycles. The molecule has 7 heteroatoms. The smallest absolute Gasteiger partial charge is 0.187 e. The van der Waals surface area contributed by atoms with Gasteiger partial charge in [0, 0.05) is 42.8 Å². The third-order valence-corrected chi connectivity index (χ3v) is 5.84. The lowest BCUT2D eigenvalue weighted by molar-refractivity contribution is 0.259. The Balaban J connectivity index is 1.56. The van der Waals surface area contributed by atoms with Gasteiger partial charge in [0.2, 0.25) is 0 Å². The molecule has 7 nitrogen and oxygen atoms in total. The second kappa shape index (κ2) is 7.09. The molecular weight excluding hydrogens is 364 g/mol. The van der Waals surface area contributed by atoms with E-state index in [4.69, 9.17) is 15.5 Å². The largest absolute Gasteiger partial charge is 0.497 e. The molecule has 2 atom stereocenters. The van der Waals surface area contributed by atoms with E-state index in [9.17, 15) is 0 Å². The van der Waals surface area contributed by atoms with E-state index >= 15 is 0 Å². The van der Waals surface area contributed by atoms with Crippen molar-refractivity contribution in [1.29, 1.82) is 0 Å². The van der Waals surface area contributed by atoms with Gasteiger partial charge >= 0.3 is 0 Å². The van der Waals surface area contributed by atoms with Gasteiger partial charge in [0.05, 0.1) is 12.6 Å². The van der Waals surface area contributed by atoms with Crippen molar-refractivity contribution in [1.82, 2.24) is 24.5 Å². The van der Waals surface area contributed by atoms with Gasteiger partial charge in [0.1, 0.15) is 11.4 Å². The van der Waals surface area contributed by atoms with Crippen LogP contribution < -0.4 is 10.5 Å². The molecular formula is C22H24N6O. The van der Waals surface area contributed by atoms with E-state index in [2.05, 4.69) is 40.4 Å². The first kappa shape index (κ1) is 18.0. The minimum atomic E-state index is 0.269. The molecule has 0 unspecified atom stereocenters. The fourth-order valence-electron chi connectivity index (χ4n) is 4.06. The highest BCUT2D eigenvalue weighted by Crippen LogP contribution is 2.27. The molecule has 4 aromatic rings. The van der Waals surface area contributed by atoms with Crippen molar-refractivity contribution in [2.45, 2.75) is 25.4 Å². The predicted molar refractivity (Wildman–Crippen MR) is 113 cm³/mol. The van der Waals surface area contributed by atoms with Gasteiger partial charge in [-0.05, 0) is 43.2 Å². The number of fused-ring (bicyclic) bond motifs is 2. The Hall–Kier alpha value is -3.03. The fourth-order valence-corrected chi connectivity index (χ4v) is 4.06. The number of methoxy groups -OCH3 is 1. The van der Waals surface area contributed by atoms with Gasteiger partial charge in [-0.3, -0.25) is 9.30 Å². The Labute approximate surface area is 169 Å². The van der Waals surface area contributed by atoms with E-state index in [0.717, 1.165) is 53.3 Å². The molecule has 4 heterocycles. The second-order valence-corrected chi connectivity index (χ2v) is 7.69. The van der Waals surface area contributed by atoms with Gasteiger partial charge in [-0.2, -0.15) is 0 Å². The molecule has 148 valence electrons. The quantitative estimate of drug-likeness (QED) is 0.579. The van der Waals surface area contributed by atoms with Crippen LogP contribution in [-0.4, -0.2) is 50.7 Å². The molecule has 29 heavy (non-hydrogen) atoms. The van der Waals surface area contributed by atoms with Crippen LogP contribution >= 0.6 is 0 Å². The molecule has 5 rings (SSSR count). The predicted octanol–water partition coefficient (Wildman–Crippen LogP) is 3.05. The van der Waals surface area contributed by atoms with Gasteiger partial charge in [0.15, 0.2) is 11.5 Å². The summed E-state index contributed by atoms with van der Waals surface area (Å²) in [6.07, 6.45) is 3.17. The van der Waals surface area contributed by atoms with Crippen LogP contribution in [0.2, 0.25) is 0 Å². The molecule has 0 aliphatic carbocycles. The van der Waals surface area contributed by atoms with Crippen molar-refractivity contribution >= 4 is 16.6 Å². The van der Waals surface area contributed by atoms with E-state index in [1.807, 2.05) is 34.7 Å². The van der Waals surface area contributed by atoms with Crippen LogP contribution in [0.25, 0.3) is 28.1 Å². The lowest BCUT2D eigenvalue weighted by atomic mass is 10.1. The van der Waals surface area contributed by atoms with Crippen LogP contribution in [0.3, 0.4) is 0 Å². The van der Waals surface area contributed by atoms with Crippen molar-refractivity contribution < 1.29 is 4.74 Å². The van der Waals surface area contributed by atoms with Crippen molar-refractivity contribution in [3.63, 3.8) is 0 Å². The van der Waals surface area contributed by atoms with Crippen LogP contribution in [0.4, 0.5) is 0 Å². The van der Waals surface area contributed by atoms with Crippen LogP contribution in [-0.2, 0) is 0 Å². The number of hydrogen-bond acceptors (Lipinski definition) is 6. The summed E-state index contributed by atoms with van der Waals surface area (Å²) in [5, 5.41) is 9.80. The maximum absolute atomic E-state index is 6.10. The summed E-state index contributed by atoms with van der Waals surface area (Å²) in [6, 6.07) is 14.6. The van der Waals surface area contributed by atoms with Gasteiger partial charge in [-0.25, -0.2) is 4.98 Å². The van der Waals surface area contributed by atoms with Gasteiger partial charge in [-0.1, -0.05) is 12.1 Å². The lowest BCUT2D eigenvalue weighted by Gasteiger charge is -2.24. The van der Waals surface area contributed by atoms with E-state index in [-0.39, 0.29) is 12.1 Å². The minimum absolute atomic E-state index is 0.269. The van der Waals surface area contributed by atoms with Gasteiger partial charge in [0.25, 0.3) is 0 Å². The maximum atomic E-state index is 6.10. The summed E-state index contributed by atoms with van der Waals surface area (Å²) in [5.41, 5.74) is 9.78. The first-order valence-electron chi connectivity index (χ1n) is 9.92. The third kappa shape index (κ3) is 3.22. The SMILES string of the molecule is COc1ccc2ccc(-c3nnc4ccc([C@H](C)N5CC[C@H](N)C5)cn34)nc2c1. The molecule has 3 aromatic heterocycles. The van der Waals surface area contributed by atoms with Crippen LogP contribution in [0.5, 0.6) is 5.75 Å². The highest BCUT2D eigenvalue weighted by molar-refractivity contribution is 5.82. The Kier molecular flexibility index (Phi) is 4.41. The third-order valence-electron chi connectivity index (χ3n) is 5.84. The van der Waals surface area contributed by atoms with E-state index in [1.165, 1.54) is 5.56 Å². The van der Waals surface area contributed by atoms with Gasteiger partial charge < -0.3 is 10.5 Å². The zero-order chi connectivity index (χ0) is 20.0. The number of likely N-dealkylation sites (tertiary alicyclic amines) is 1. The normalized spacial score (nSPS) is 18.5. The number of ether oxygens (including phenoxy) is 1. The molecule has 0 amide bonds. The molecule has 1 aliphatic heterocycles. The van der Waals surface area contributed by atoms with Crippen molar-refractivity contribution in [3.8, 4) is 17.3 Å². The average molecular weight is 388 g/mol. The first-order valence-corrected chi connectivity index (χ1v) is 9.92. The molecule has 0 spiro atoms. The van der Waals surface area contributed by atoms with Crippen molar-refractivity contribution in [2.75, 3.05) is 20.2 Å². The lowest BCUT2D eigenvalue weighted by Crippen LogP contribution is -2.28.